The van der Waals surface area contributed by atoms with E-state index in [0.29, 0.717) is 5.82 Å². The van der Waals surface area contributed by atoms with E-state index in [-0.39, 0.29) is 17.1 Å². The Bertz CT molecular complexity index is 587. The van der Waals surface area contributed by atoms with E-state index in [2.05, 4.69) is 20.5 Å². The summed E-state index contributed by atoms with van der Waals surface area (Å²) >= 11 is 0. The Hall–Kier alpha value is -2.57. The number of carbonyl (C=O) groups is 1. The maximum Gasteiger partial charge on any atom is 0.271 e. The van der Waals surface area contributed by atoms with Gasteiger partial charge in [0.25, 0.3) is 5.91 Å². The molecule has 0 radical (unpaired) electrons. The summed E-state index contributed by atoms with van der Waals surface area (Å²) in [7, 11) is 0. The van der Waals surface area contributed by atoms with Crippen molar-refractivity contribution in [2.75, 3.05) is 5.32 Å². The van der Waals surface area contributed by atoms with Crippen molar-refractivity contribution in [2.45, 2.75) is 6.92 Å². The normalized spacial score (nSPS) is 10.1. The van der Waals surface area contributed by atoms with Gasteiger partial charge in [-0.1, -0.05) is 6.07 Å². The maximum atomic E-state index is 13.9. The van der Waals surface area contributed by atoms with E-state index in [1.165, 1.54) is 13.1 Å². The Balaban J connectivity index is 2.48. The lowest BCUT2D eigenvalue weighted by molar-refractivity contribution is 0.0995. The van der Waals surface area contributed by atoms with Gasteiger partial charge in [-0.25, -0.2) is 9.37 Å². The Morgan fingerprint density at radius 1 is 1.39 bits per heavy atom. The number of hydrogen-bond donors (Lipinski definition) is 2. The lowest BCUT2D eigenvalue weighted by Crippen LogP contribution is -2.18. The monoisotopic (exact) mass is 247 g/mol. The third-order valence-corrected chi connectivity index (χ3v) is 2.23. The highest BCUT2D eigenvalue weighted by Gasteiger charge is 2.18. The van der Waals surface area contributed by atoms with Gasteiger partial charge >= 0.3 is 0 Å². The van der Waals surface area contributed by atoms with Crippen molar-refractivity contribution in [1.82, 2.24) is 15.2 Å². The molecule has 0 aliphatic rings. The predicted molar refractivity (Wildman–Crippen MR) is 62.8 cm³/mol. The second-order valence-corrected chi connectivity index (χ2v) is 3.53. The van der Waals surface area contributed by atoms with Crippen LogP contribution in [0.4, 0.5) is 15.9 Å². The van der Waals surface area contributed by atoms with Crippen molar-refractivity contribution in [1.29, 1.82) is 0 Å². The van der Waals surface area contributed by atoms with Gasteiger partial charge in [0.15, 0.2) is 11.5 Å². The Morgan fingerprint density at radius 3 is 2.78 bits per heavy atom. The minimum absolute atomic E-state index is 0.0680. The number of halogens is 1. The first-order valence-corrected chi connectivity index (χ1v) is 5.10. The first-order valence-electron chi connectivity index (χ1n) is 5.10. The number of aryl methyl sites for hydroxylation is 1. The van der Waals surface area contributed by atoms with E-state index < -0.39 is 11.7 Å². The summed E-state index contributed by atoms with van der Waals surface area (Å²) in [5, 5.41) is 9.77. The molecule has 2 rings (SSSR count). The van der Waals surface area contributed by atoms with Crippen molar-refractivity contribution in [3.8, 4) is 0 Å². The van der Waals surface area contributed by atoms with E-state index in [1.807, 2.05) is 0 Å². The summed E-state index contributed by atoms with van der Waals surface area (Å²) in [6, 6.07) is 5.06. The highest BCUT2D eigenvalue weighted by molar-refractivity contribution is 5.97. The molecule has 92 valence electrons. The van der Waals surface area contributed by atoms with Crippen LogP contribution in [0.5, 0.6) is 0 Å². The molecule has 0 saturated carbocycles. The van der Waals surface area contributed by atoms with Crippen molar-refractivity contribution < 1.29 is 9.18 Å². The van der Waals surface area contributed by atoms with Gasteiger partial charge in [-0.15, -0.1) is 5.10 Å². The molecule has 6 nitrogen and oxygen atoms in total. The molecule has 0 atom stereocenters. The minimum atomic E-state index is -0.861. The number of primary amides is 1. The van der Waals surface area contributed by atoms with Gasteiger partial charge in [-0.2, -0.15) is 5.10 Å². The number of carbonyl (C=O) groups excluding carboxylic acids is 1. The van der Waals surface area contributed by atoms with Crippen molar-refractivity contribution >= 4 is 17.4 Å². The summed E-state index contributed by atoms with van der Waals surface area (Å²) in [6.45, 7) is 1.44. The molecule has 0 aromatic carbocycles. The molecule has 0 spiro atoms. The van der Waals surface area contributed by atoms with Crippen LogP contribution >= 0.6 is 0 Å². The molecule has 2 heterocycles. The maximum absolute atomic E-state index is 13.9. The zero-order valence-corrected chi connectivity index (χ0v) is 9.51. The van der Waals surface area contributed by atoms with Gasteiger partial charge in [-0.3, -0.25) is 4.79 Å². The number of pyridine rings is 1. The van der Waals surface area contributed by atoms with Gasteiger partial charge in [-0.05, 0) is 19.1 Å². The molecule has 2 aromatic heterocycles. The number of rotatable bonds is 3. The molecule has 0 saturated heterocycles. The topological polar surface area (TPSA) is 93.8 Å². The largest absolute Gasteiger partial charge is 0.364 e. The molecule has 18 heavy (non-hydrogen) atoms. The standard InChI is InChI=1S/C11H10FN5O/c1-6-8(12)9(10(11(13)18)17-16-6)15-7-4-2-3-5-14-7/h2-5H,1H3,(H2,13,18)(H,14,15,16). The third-order valence-electron chi connectivity index (χ3n) is 2.23. The number of aromatic nitrogens is 3. The third kappa shape index (κ3) is 2.24. The molecule has 0 bridgehead atoms. The molecule has 0 unspecified atom stereocenters. The van der Waals surface area contributed by atoms with Crippen LogP contribution in [0, 0.1) is 12.7 Å². The molecule has 7 heteroatoms. The highest BCUT2D eigenvalue weighted by atomic mass is 19.1. The van der Waals surface area contributed by atoms with Gasteiger partial charge < -0.3 is 11.1 Å². The molecule has 3 N–H and O–H groups in total. The Kier molecular flexibility index (Phi) is 3.13. The van der Waals surface area contributed by atoms with Crippen LogP contribution < -0.4 is 11.1 Å². The highest BCUT2D eigenvalue weighted by Crippen LogP contribution is 2.22. The van der Waals surface area contributed by atoms with E-state index in [9.17, 15) is 9.18 Å². The SMILES string of the molecule is Cc1nnc(C(N)=O)c(Nc2ccccn2)c1F. The molecule has 0 aliphatic carbocycles. The number of amides is 1. The van der Waals surface area contributed by atoms with Gasteiger partial charge in [0.05, 0.1) is 5.69 Å². The van der Waals surface area contributed by atoms with Gasteiger partial charge in [0.1, 0.15) is 11.5 Å². The molecule has 0 fully saturated rings. The van der Waals surface area contributed by atoms with Crippen molar-refractivity contribution in [3.05, 3.63) is 41.6 Å². The summed E-state index contributed by atoms with van der Waals surface area (Å²) < 4.78 is 13.9. The second kappa shape index (κ2) is 4.74. The Morgan fingerprint density at radius 2 is 2.17 bits per heavy atom. The van der Waals surface area contributed by atoms with Crippen molar-refractivity contribution in [2.24, 2.45) is 5.73 Å². The quantitative estimate of drug-likeness (QED) is 0.848. The lowest BCUT2D eigenvalue weighted by atomic mass is 10.2. The van der Waals surface area contributed by atoms with E-state index in [0.717, 1.165) is 0 Å². The van der Waals surface area contributed by atoms with Crippen LogP contribution in [0.2, 0.25) is 0 Å². The van der Waals surface area contributed by atoms with Gasteiger partial charge in [0, 0.05) is 6.20 Å². The fourth-order valence-electron chi connectivity index (χ4n) is 1.36. The number of nitrogens with one attached hydrogen (secondary N) is 1. The van der Waals surface area contributed by atoms with Crippen LogP contribution in [0.1, 0.15) is 16.2 Å². The predicted octanol–water partition coefficient (Wildman–Crippen LogP) is 1.16. The van der Waals surface area contributed by atoms with E-state index >= 15 is 0 Å². The Labute approximate surface area is 102 Å². The van der Waals surface area contributed by atoms with Gasteiger partial charge in [0.2, 0.25) is 0 Å². The average molecular weight is 247 g/mol. The minimum Gasteiger partial charge on any atom is -0.364 e. The second-order valence-electron chi connectivity index (χ2n) is 3.53. The van der Waals surface area contributed by atoms with E-state index in [4.69, 9.17) is 5.73 Å². The number of nitrogens with two attached hydrogens (primary N) is 1. The fraction of sp³-hybridized carbons (Fsp3) is 0.0909. The fourth-order valence-corrected chi connectivity index (χ4v) is 1.36. The number of anilines is 2. The number of hydrogen-bond acceptors (Lipinski definition) is 5. The van der Waals surface area contributed by atoms with Crippen molar-refractivity contribution in [3.63, 3.8) is 0 Å². The summed E-state index contributed by atoms with van der Waals surface area (Å²) in [4.78, 5) is 15.1. The zero-order chi connectivity index (χ0) is 13.1. The van der Waals surface area contributed by atoms with Crippen LogP contribution in [0.3, 0.4) is 0 Å². The molecule has 2 aromatic rings. The average Bonchev–Trinajstić information content (AvgIpc) is 2.36. The van der Waals surface area contributed by atoms with Crippen LogP contribution in [-0.2, 0) is 0 Å². The van der Waals surface area contributed by atoms with E-state index in [1.54, 1.807) is 18.2 Å². The molecular weight excluding hydrogens is 237 g/mol. The first kappa shape index (κ1) is 11.9. The van der Waals surface area contributed by atoms with Crippen LogP contribution in [0.15, 0.2) is 24.4 Å². The first-order chi connectivity index (χ1) is 8.59. The molecular formula is C11H10FN5O. The van der Waals surface area contributed by atoms with Crippen LogP contribution in [-0.4, -0.2) is 21.1 Å². The lowest BCUT2D eigenvalue weighted by Gasteiger charge is -2.10. The number of nitrogens with zero attached hydrogens (tertiary/aromatic N) is 3. The van der Waals surface area contributed by atoms with Crippen LogP contribution in [0.25, 0.3) is 0 Å². The zero-order valence-electron chi connectivity index (χ0n) is 9.51. The summed E-state index contributed by atoms with van der Waals surface area (Å²) in [5.74, 6) is -1.16. The molecule has 1 amide bonds. The smallest absolute Gasteiger partial charge is 0.271 e. The summed E-state index contributed by atoms with van der Waals surface area (Å²) in [6.07, 6.45) is 1.53. The molecule has 0 aliphatic heterocycles. The summed E-state index contributed by atoms with van der Waals surface area (Å²) in [5.41, 5.74) is 4.81.